The van der Waals surface area contributed by atoms with Crippen LogP contribution < -0.4 is 10.2 Å². The first-order valence-corrected chi connectivity index (χ1v) is 10.4. The van der Waals surface area contributed by atoms with E-state index in [9.17, 15) is 4.79 Å². The molecule has 2 aromatic carbocycles. The summed E-state index contributed by atoms with van der Waals surface area (Å²) in [5.74, 6) is 0.275. The van der Waals surface area contributed by atoms with E-state index >= 15 is 0 Å². The minimum absolute atomic E-state index is 0.0457. The van der Waals surface area contributed by atoms with Gasteiger partial charge in [-0.1, -0.05) is 29.8 Å². The summed E-state index contributed by atoms with van der Waals surface area (Å²) in [7, 11) is 0. The van der Waals surface area contributed by atoms with Gasteiger partial charge in [-0.15, -0.1) is 11.8 Å². The molecule has 2 heterocycles. The summed E-state index contributed by atoms with van der Waals surface area (Å²) >= 11 is 7.66. The number of rotatable bonds is 5. The smallest absolute Gasteiger partial charge is 0.234 e. The summed E-state index contributed by atoms with van der Waals surface area (Å²) in [6.07, 6.45) is 4.14. The molecule has 3 aromatic rings. The fourth-order valence-corrected chi connectivity index (χ4v) is 4.38. The summed E-state index contributed by atoms with van der Waals surface area (Å²) in [5.41, 5.74) is 2.76. The normalized spacial score (nSPS) is 13.9. The van der Waals surface area contributed by atoms with Gasteiger partial charge in [0.25, 0.3) is 0 Å². The number of benzene rings is 2. The van der Waals surface area contributed by atoms with E-state index < -0.39 is 0 Å². The molecule has 1 aromatic heterocycles. The van der Waals surface area contributed by atoms with Gasteiger partial charge in [-0.2, -0.15) is 0 Å². The second kappa shape index (κ2) is 8.19. The molecule has 6 heteroatoms. The zero-order chi connectivity index (χ0) is 18.6. The van der Waals surface area contributed by atoms with Gasteiger partial charge in [-0.05, 0) is 43.2 Å². The molecule has 1 N–H and O–H groups in total. The van der Waals surface area contributed by atoms with Gasteiger partial charge < -0.3 is 10.2 Å². The molecule has 27 heavy (non-hydrogen) atoms. The molecule has 0 unspecified atom stereocenters. The van der Waals surface area contributed by atoms with Crippen molar-refractivity contribution in [3.63, 3.8) is 0 Å². The maximum absolute atomic E-state index is 12.6. The number of carbonyl (C=O) groups is 1. The number of thioether (sulfide) groups is 1. The molecule has 1 aliphatic rings. The Bertz CT molecular complexity index is 967. The van der Waals surface area contributed by atoms with Crippen molar-refractivity contribution in [2.75, 3.05) is 29.1 Å². The Morgan fingerprint density at radius 3 is 2.81 bits per heavy atom. The average molecular weight is 398 g/mol. The lowest BCUT2D eigenvalue weighted by molar-refractivity contribution is -0.113. The topological polar surface area (TPSA) is 45.2 Å². The number of hydrogen-bond donors (Lipinski definition) is 1. The van der Waals surface area contributed by atoms with Crippen molar-refractivity contribution in [2.45, 2.75) is 17.7 Å². The molecule has 1 aliphatic heterocycles. The molecule has 0 atom stereocenters. The minimum Gasteiger partial charge on any atom is -0.370 e. The third-order valence-electron chi connectivity index (χ3n) is 4.63. The monoisotopic (exact) mass is 397 g/mol. The molecular weight excluding hydrogens is 378 g/mol. The Hall–Kier alpha value is -2.24. The van der Waals surface area contributed by atoms with E-state index in [2.05, 4.69) is 15.2 Å². The first-order valence-electron chi connectivity index (χ1n) is 9.01. The molecule has 138 valence electrons. The minimum atomic E-state index is -0.0457. The third kappa shape index (κ3) is 4.20. The summed E-state index contributed by atoms with van der Waals surface area (Å²) < 4.78 is 0. The lowest BCUT2D eigenvalue weighted by atomic mass is 10.2. The van der Waals surface area contributed by atoms with E-state index in [0.717, 1.165) is 40.3 Å². The lowest BCUT2D eigenvalue weighted by Crippen LogP contribution is -2.21. The second-order valence-electron chi connectivity index (χ2n) is 6.52. The number of nitrogens with one attached hydrogen (secondary N) is 1. The number of amides is 1. The predicted octanol–water partition coefficient (Wildman–Crippen LogP) is 5.22. The van der Waals surface area contributed by atoms with E-state index in [0.29, 0.717) is 10.8 Å². The number of carbonyl (C=O) groups excluding carboxylic acids is 1. The maximum atomic E-state index is 12.6. The number of halogens is 1. The van der Waals surface area contributed by atoms with Gasteiger partial charge >= 0.3 is 0 Å². The molecule has 0 aliphatic carbocycles. The van der Waals surface area contributed by atoms with Gasteiger partial charge in [0.2, 0.25) is 5.91 Å². The van der Waals surface area contributed by atoms with Crippen molar-refractivity contribution in [1.82, 2.24) is 4.98 Å². The van der Waals surface area contributed by atoms with Crippen LogP contribution in [-0.4, -0.2) is 29.7 Å². The number of para-hydroxylation sites is 1. The van der Waals surface area contributed by atoms with Crippen molar-refractivity contribution >= 4 is 51.5 Å². The second-order valence-corrected chi connectivity index (χ2v) is 7.98. The Morgan fingerprint density at radius 2 is 1.96 bits per heavy atom. The highest BCUT2D eigenvalue weighted by Gasteiger charge is 2.17. The van der Waals surface area contributed by atoms with E-state index in [4.69, 9.17) is 11.6 Å². The van der Waals surface area contributed by atoms with Crippen molar-refractivity contribution in [1.29, 1.82) is 0 Å². The Balaban J connectivity index is 1.47. The number of anilines is 2. The number of aromatic nitrogens is 1. The van der Waals surface area contributed by atoms with Crippen LogP contribution in [0.15, 0.2) is 59.6 Å². The van der Waals surface area contributed by atoms with E-state index in [1.54, 1.807) is 6.20 Å². The van der Waals surface area contributed by atoms with Gasteiger partial charge in [0.15, 0.2) is 0 Å². The number of fused-ring (bicyclic) bond motifs is 1. The fraction of sp³-hybridized carbons (Fsp3) is 0.238. The maximum Gasteiger partial charge on any atom is 0.234 e. The Morgan fingerprint density at radius 1 is 1.15 bits per heavy atom. The molecule has 0 bridgehead atoms. The van der Waals surface area contributed by atoms with Crippen LogP contribution in [0, 0.1) is 0 Å². The van der Waals surface area contributed by atoms with Crippen molar-refractivity contribution in [3.05, 3.63) is 59.8 Å². The highest BCUT2D eigenvalue weighted by atomic mass is 35.5. The van der Waals surface area contributed by atoms with Crippen molar-refractivity contribution in [2.24, 2.45) is 0 Å². The molecule has 1 fully saturated rings. The lowest BCUT2D eigenvalue weighted by Gasteiger charge is -2.21. The van der Waals surface area contributed by atoms with E-state index in [-0.39, 0.29) is 5.91 Å². The standard InChI is InChI=1S/C21H20ClN3OS/c22-16-8-9-18(25-11-1-2-12-25)17(13-16)24-20(26)14-27-19-7-3-5-15-6-4-10-23-21(15)19/h3-10,13H,1-2,11-12,14H2,(H,24,26). The van der Waals surface area contributed by atoms with Crippen molar-refractivity contribution < 1.29 is 4.79 Å². The summed E-state index contributed by atoms with van der Waals surface area (Å²) in [6, 6.07) is 15.7. The predicted molar refractivity (Wildman–Crippen MR) is 114 cm³/mol. The van der Waals surface area contributed by atoms with Crippen LogP contribution >= 0.6 is 23.4 Å². The van der Waals surface area contributed by atoms with Gasteiger partial charge in [-0.3, -0.25) is 9.78 Å². The van der Waals surface area contributed by atoms with Crippen LogP contribution in [0.25, 0.3) is 10.9 Å². The molecule has 1 saturated heterocycles. The molecule has 0 radical (unpaired) electrons. The average Bonchev–Trinajstić information content (AvgIpc) is 3.21. The molecule has 4 nitrogen and oxygen atoms in total. The summed E-state index contributed by atoms with van der Waals surface area (Å²) in [4.78, 5) is 20.3. The van der Waals surface area contributed by atoms with Gasteiger partial charge in [0, 0.05) is 34.6 Å². The van der Waals surface area contributed by atoms with Crippen LogP contribution in [-0.2, 0) is 4.79 Å². The highest BCUT2D eigenvalue weighted by molar-refractivity contribution is 8.00. The summed E-state index contributed by atoms with van der Waals surface area (Å²) in [5, 5.41) is 4.74. The Kier molecular flexibility index (Phi) is 5.50. The van der Waals surface area contributed by atoms with Crippen LogP contribution in [0.2, 0.25) is 5.02 Å². The van der Waals surface area contributed by atoms with Crippen LogP contribution in [0.4, 0.5) is 11.4 Å². The number of hydrogen-bond acceptors (Lipinski definition) is 4. The number of nitrogens with zero attached hydrogens (tertiary/aromatic N) is 2. The zero-order valence-electron chi connectivity index (χ0n) is 14.8. The largest absolute Gasteiger partial charge is 0.370 e. The molecule has 4 rings (SSSR count). The molecular formula is C21H20ClN3OS. The van der Waals surface area contributed by atoms with Gasteiger partial charge in [0.05, 0.1) is 22.6 Å². The molecule has 1 amide bonds. The highest BCUT2D eigenvalue weighted by Crippen LogP contribution is 2.32. The number of pyridine rings is 1. The van der Waals surface area contributed by atoms with Crippen LogP contribution in [0.3, 0.4) is 0 Å². The molecule has 0 spiro atoms. The third-order valence-corrected chi connectivity index (χ3v) is 5.92. The SMILES string of the molecule is O=C(CSc1cccc2cccnc12)Nc1cc(Cl)ccc1N1CCCC1. The first kappa shape index (κ1) is 18.1. The zero-order valence-corrected chi connectivity index (χ0v) is 16.4. The summed E-state index contributed by atoms with van der Waals surface area (Å²) in [6.45, 7) is 2.03. The van der Waals surface area contributed by atoms with Crippen LogP contribution in [0.5, 0.6) is 0 Å². The van der Waals surface area contributed by atoms with E-state index in [1.165, 1.54) is 24.6 Å². The Labute approximate surface area is 167 Å². The van der Waals surface area contributed by atoms with Gasteiger partial charge in [0.1, 0.15) is 0 Å². The van der Waals surface area contributed by atoms with Gasteiger partial charge in [-0.25, -0.2) is 0 Å². The quantitative estimate of drug-likeness (QED) is 0.599. The molecule has 0 saturated carbocycles. The fourth-order valence-electron chi connectivity index (χ4n) is 3.36. The first-order chi connectivity index (χ1) is 13.2. The van der Waals surface area contributed by atoms with Crippen LogP contribution in [0.1, 0.15) is 12.8 Å². The van der Waals surface area contributed by atoms with E-state index in [1.807, 2.05) is 48.5 Å². The van der Waals surface area contributed by atoms with Crippen molar-refractivity contribution in [3.8, 4) is 0 Å².